The number of carbonyl (C=O) groups is 1. The van der Waals surface area contributed by atoms with Crippen molar-refractivity contribution in [1.82, 2.24) is 10.6 Å². The zero-order valence-electron chi connectivity index (χ0n) is 16.7. The van der Waals surface area contributed by atoms with Crippen molar-refractivity contribution in [3.8, 4) is 0 Å². The Morgan fingerprint density at radius 3 is 2.64 bits per heavy atom. The van der Waals surface area contributed by atoms with Crippen LogP contribution in [0.2, 0.25) is 0 Å². The summed E-state index contributed by atoms with van der Waals surface area (Å²) in [5, 5.41) is 6.72. The number of hydrogen-bond donors (Lipinski definition) is 2. The van der Waals surface area contributed by atoms with Crippen LogP contribution < -0.4 is 10.6 Å². The van der Waals surface area contributed by atoms with Crippen molar-refractivity contribution < 1.29 is 19.0 Å². The number of nitrogens with one attached hydrogen (secondary N) is 2. The van der Waals surface area contributed by atoms with E-state index in [1.165, 1.54) is 0 Å². The van der Waals surface area contributed by atoms with E-state index in [1.807, 2.05) is 27.7 Å². The van der Waals surface area contributed by atoms with Gasteiger partial charge in [0, 0.05) is 19.3 Å². The third kappa shape index (κ3) is 5.83. The summed E-state index contributed by atoms with van der Waals surface area (Å²) in [5.74, 6) is 0. The molecule has 0 aromatic rings. The van der Waals surface area contributed by atoms with Gasteiger partial charge in [-0.3, -0.25) is 0 Å². The number of carbonyl (C=O) groups excluding carboxylic acids is 1. The van der Waals surface area contributed by atoms with Crippen molar-refractivity contribution in [3.05, 3.63) is 0 Å². The van der Waals surface area contributed by atoms with Gasteiger partial charge in [-0.1, -0.05) is 6.92 Å². The molecule has 1 heterocycles. The summed E-state index contributed by atoms with van der Waals surface area (Å²) in [6.07, 6.45) is 3.58. The lowest BCUT2D eigenvalue weighted by Crippen LogP contribution is -2.68. The van der Waals surface area contributed by atoms with E-state index in [2.05, 4.69) is 24.5 Å². The maximum Gasteiger partial charge on any atom is 0.407 e. The second-order valence-electron chi connectivity index (χ2n) is 8.52. The second-order valence-corrected chi connectivity index (χ2v) is 8.52. The molecule has 2 rings (SSSR count). The van der Waals surface area contributed by atoms with Gasteiger partial charge in [-0.15, -0.1) is 0 Å². The first-order valence-corrected chi connectivity index (χ1v) is 9.67. The van der Waals surface area contributed by atoms with Crippen molar-refractivity contribution in [2.24, 2.45) is 0 Å². The van der Waals surface area contributed by atoms with Crippen molar-refractivity contribution in [2.45, 2.75) is 103 Å². The molecule has 0 aromatic carbocycles. The molecule has 6 heteroatoms. The fraction of sp³-hybridized carbons (Fsp3) is 0.947. The number of alkyl carbamates (subject to hydrolysis) is 1. The van der Waals surface area contributed by atoms with Gasteiger partial charge in [0.2, 0.25) is 0 Å². The van der Waals surface area contributed by atoms with E-state index >= 15 is 0 Å². The number of rotatable bonds is 6. The van der Waals surface area contributed by atoms with Crippen LogP contribution in [0.3, 0.4) is 0 Å². The number of ether oxygens (including phenoxy) is 3. The Labute approximate surface area is 152 Å². The van der Waals surface area contributed by atoms with E-state index in [-0.39, 0.29) is 29.9 Å². The van der Waals surface area contributed by atoms with Gasteiger partial charge >= 0.3 is 6.09 Å². The maximum absolute atomic E-state index is 12.1. The Hall–Kier alpha value is -0.850. The highest BCUT2D eigenvalue weighted by Crippen LogP contribution is 2.31. The van der Waals surface area contributed by atoms with E-state index in [9.17, 15) is 4.79 Å². The molecule has 2 fully saturated rings. The SMILES string of the molecule is CCOC1CC(NC(=O)OC(C)(C)C)C1NC1CCOC(C)(CC)C1. The number of amides is 1. The maximum atomic E-state index is 12.1. The lowest BCUT2D eigenvalue weighted by Gasteiger charge is -2.48. The largest absolute Gasteiger partial charge is 0.444 e. The van der Waals surface area contributed by atoms with Crippen molar-refractivity contribution in [1.29, 1.82) is 0 Å². The van der Waals surface area contributed by atoms with Crippen LogP contribution in [0, 0.1) is 0 Å². The van der Waals surface area contributed by atoms with Crippen LogP contribution in [0.1, 0.15) is 67.2 Å². The smallest absolute Gasteiger partial charge is 0.407 e. The van der Waals surface area contributed by atoms with Crippen LogP contribution >= 0.6 is 0 Å². The lowest BCUT2D eigenvalue weighted by molar-refractivity contribution is -0.0921. The Kier molecular flexibility index (Phi) is 6.74. The molecule has 5 unspecified atom stereocenters. The molecule has 1 amide bonds. The predicted molar refractivity (Wildman–Crippen MR) is 97.8 cm³/mol. The molecule has 0 spiro atoms. The highest BCUT2D eigenvalue weighted by Gasteiger charge is 2.45. The molecule has 0 radical (unpaired) electrons. The van der Waals surface area contributed by atoms with E-state index in [1.54, 1.807) is 0 Å². The van der Waals surface area contributed by atoms with Crippen LogP contribution in [0.5, 0.6) is 0 Å². The van der Waals surface area contributed by atoms with Crippen molar-refractivity contribution in [2.75, 3.05) is 13.2 Å². The average molecular weight is 357 g/mol. The van der Waals surface area contributed by atoms with Crippen LogP contribution in [-0.2, 0) is 14.2 Å². The van der Waals surface area contributed by atoms with Gasteiger partial charge < -0.3 is 24.8 Å². The number of hydrogen-bond acceptors (Lipinski definition) is 5. The third-order valence-electron chi connectivity index (χ3n) is 5.17. The monoisotopic (exact) mass is 356 g/mol. The molecule has 146 valence electrons. The molecule has 1 aliphatic carbocycles. The summed E-state index contributed by atoms with van der Waals surface area (Å²) in [5.41, 5.74) is -0.547. The minimum absolute atomic E-state index is 0.0436. The summed E-state index contributed by atoms with van der Waals surface area (Å²) in [7, 11) is 0. The molecule has 2 N–H and O–H groups in total. The molecule has 1 saturated heterocycles. The van der Waals surface area contributed by atoms with Crippen LogP contribution in [0.15, 0.2) is 0 Å². The van der Waals surface area contributed by atoms with E-state index < -0.39 is 5.60 Å². The molecule has 1 aliphatic heterocycles. The quantitative estimate of drug-likeness (QED) is 0.766. The minimum Gasteiger partial charge on any atom is -0.444 e. The molecule has 0 bridgehead atoms. The zero-order valence-corrected chi connectivity index (χ0v) is 16.7. The molecule has 25 heavy (non-hydrogen) atoms. The van der Waals surface area contributed by atoms with Gasteiger partial charge in [0.05, 0.1) is 23.8 Å². The molecule has 6 nitrogen and oxygen atoms in total. The third-order valence-corrected chi connectivity index (χ3v) is 5.17. The Bertz CT molecular complexity index is 451. The first-order chi connectivity index (χ1) is 11.7. The summed E-state index contributed by atoms with van der Waals surface area (Å²) in [6, 6.07) is 0.550. The fourth-order valence-electron chi connectivity index (χ4n) is 3.61. The topological polar surface area (TPSA) is 68.8 Å². The Balaban J connectivity index is 1.92. The van der Waals surface area contributed by atoms with E-state index in [4.69, 9.17) is 14.2 Å². The summed E-state index contributed by atoms with van der Waals surface area (Å²) >= 11 is 0. The van der Waals surface area contributed by atoms with E-state index in [0.717, 1.165) is 32.3 Å². The molecule has 5 atom stereocenters. The molecular weight excluding hydrogens is 320 g/mol. The zero-order chi connectivity index (χ0) is 18.7. The lowest BCUT2D eigenvalue weighted by atomic mass is 9.80. The molecule has 2 aliphatic rings. The second kappa shape index (κ2) is 8.23. The van der Waals surface area contributed by atoms with Gasteiger partial charge in [0.25, 0.3) is 0 Å². The average Bonchev–Trinajstić information content (AvgIpc) is 2.50. The van der Waals surface area contributed by atoms with E-state index in [0.29, 0.717) is 12.6 Å². The van der Waals surface area contributed by atoms with Crippen LogP contribution in [-0.4, -0.2) is 54.7 Å². The molecule has 0 aromatic heterocycles. The van der Waals surface area contributed by atoms with Crippen LogP contribution in [0.25, 0.3) is 0 Å². The van der Waals surface area contributed by atoms with Gasteiger partial charge in [-0.05, 0) is 60.3 Å². The normalized spacial score (nSPS) is 35.8. The van der Waals surface area contributed by atoms with Gasteiger partial charge in [0.15, 0.2) is 0 Å². The summed E-state index contributed by atoms with van der Waals surface area (Å²) in [4.78, 5) is 12.1. The van der Waals surface area contributed by atoms with Gasteiger partial charge in [-0.25, -0.2) is 4.79 Å². The van der Waals surface area contributed by atoms with Gasteiger partial charge in [0.1, 0.15) is 5.60 Å². The first-order valence-electron chi connectivity index (χ1n) is 9.67. The van der Waals surface area contributed by atoms with Gasteiger partial charge in [-0.2, -0.15) is 0 Å². The fourth-order valence-corrected chi connectivity index (χ4v) is 3.61. The Morgan fingerprint density at radius 1 is 1.32 bits per heavy atom. The first kappa shape index (κ1) is 20.5. The summed E-state index contributed by atoms with van der Waals surface area (Å²) in [6.45, 7) is 13.4. The Morgan fingerprint density at radius 2 is 2.04 bits per heavy atom. The highest BCUT2D eigenvalue weighted by molar-refractivity contribution is 5.68. The standard InChI is InChI=1S/C19H36N2O4/c1-7-19(6)12-13(9-10-24-19)20-16-14(11-15(16)23-8-2)21-17(22)25-18(3,4)5/h13-16,20H,7-12H2,1-6H3,(H,21,22). The minimum atomic E-state index is -0.486. The molecule has 1 saturated carbocycles. The predicted octanol–water partition coefficient (Wildman–Crippen LogP) is 2.99. The molecular formula is C19H36N2O4. The van der Waals surface area contributed by atoms with Crippen LogP contribution in [0.4, 0.5) is 4.79 Å². The highest BCUT2D eigenvalue weighted by atomic mass is 16.6. The summed E-state index contributed by atoms with van der Waals surface area (Å²) < 4.78 is 17.2. The van der Waals surface area contributed by atoms with Crippen molar-refractivity contribution in [3.63, 3.8) is 0 Å². The van der Waals surface area contributed by atoms with Crippen molar-refractivity contribution >= 4 is 6.09 Å².